The highest BCUT2D eigenvalue weighted by atomic mass is 79.9. The standard InChI is InChI=1S/C13H10BrN5/c1-19-10(14)3-2-4-11(19)18-13-12-9(5-6-17-13)15-7-8-16-12/h2-8H,1H3/p+1. The lowest BCUT2D eigenvalue weighted by atomic mass is 10.3. The van der Waals surface area contributed by atoms with Crippen molar-refractivity contribution >= 4 is 38.6 Å². The van der Waals surface area contributed by atoms with Gasteiger partial charge in [0.25, 0.3) is 5.82 Å². The van der Waals surface area contributed by atoms with Gasteiger partial charge in [0, 0.05) is 24.7 Å². The Morgan fingerprint density at radius 3 is 2.79 bits per heavy atom. The van der Waals surface area contributed by atoms with E-state index in [-0.39, 0.29) is 0 Å². The number of hydrogen-bond donors (Lipinski definition) is 1. The molecule has 19 heavy (non-hydrogen) atoms. The quantitative estimate of drug-likeness (QED) is 0.582. The smallest absolute Gasteiger partial charge is 0.253 e. The molecule has 0 amide bonds. The number of halogens is 1. The van der Waals surface area contributed by atoms with Gasteiger partial charge < -0.3 is 0 Å². The van der Waals surface area contributed by atoms with E-state index in [1.165, 1.54) is 0 Å². The van der Waals surface area contributed by atoms with Gasteiger partial charge in [-0.2, -0.15) is 0 Å². The number of nitrogens with one attached hydrogen (secondary N) is 1. The van der Waals surface area contributed by atoms with Crippen molar-refractivity contribution in [3.8, 4) is 0 Å². The number of pyridine rings is 2. The molecule has 0 aliphatic heterocycles. The summed E-state index contributed by atoms with van der Waals surface area (Å²) >= 11 is 3.48. The molecule has 94 valence electrons. The average Bonchev–Trinajstić information content (AvgIpc) is 2.44. The molecule has 0 radical (unpaired) electrons. The van der Waals surface area contributed by atoms with Gasteiger partial charge in [0.05, 0.1) is 12.6 Å². The molecule has 0 atom stereocenters. The van der Waals surface area contributed by atoms with Gasteiger partial charge in [0.2, 0.25) is 5.82 Å². The SMILES string of the molecule is C[n+]1c(Br)cccc1Nc1nccc2nccnc12. The Labute approximate surface area is 118 Å². The Kier molecular flexibility index (Phi) is 3.08. The van der Waals surface area contributed by atoms with E-state index in [4.69, 9.17) is 0 Å². The average molecular weight is 317 g/mol. The molecule has 0 saturated carbocycles. The van der Waals surface area contributed by atoms with Crippen LogP contribution >= 0.6 is 15.9 Å². The highest BCUT2D eigenvalue weighted by molar-refractivity contribution is 9.10. The zero-order valence-electron chi connectivity index (χ0n) is 10.2. The Morgan fingerprint density at radius 1 is 1.05 bits per heavy atom. The van der Waals surface area contributed by atoms with Crippen LogP contribution < -0.4 is 9.88 Å². The lowest BCUT2D eigenvalue weighted by molar-refractivity contribution is -0.668. The molecule has 0 aliphatic carbocycles. The summed E-state index contributed by atoms with van der Waals surface area (Å²) < 4.78 is 2.96. The number of fused-ring (bicyclic) bond motifs is 1. The predicted octanol–water partition coefficient (Wildman–Crippen LogP) is 2.36. The normalized spacial score (nSPS) is 10.6. The molecular formula is C13H11BrN5+. The molecule has 3 heterocycles. The molecule has 0 unspecified atom stereocenters. The first-order chi connectivity index (χ1) is 9.25. The highest BCUT2D eigenvalue weighted by Crippen LogP contribution is 2.19. The Morgan fingerprint density at radius 2 is 1.89 bits per heavy atom. The summed E-state index contributed by atoms with van der Waals surface area (Å²) in [4.78, 5) is 12.9. The lowest BCUT2D eigenvalue weighted by Crippen LogP contribution is -2.33. The fraction of sp³-hybridized carbons (Fsp3) is 0.0769. The summed E-state index contributed by atoms with van der Waals surface area (Å²) in [6, 6.07) is 7.75. The van der Waals surface area contributed by atoms with E-state index in [0.29, 0.717) is 5.82 Å². The van der Waals surface area contributed by atoms with Crippen LogP contribution in [-0.2, 0) is 7.05 Å². The van der Waals surface area contributed by atoms with Gasteiger partial charge in [-0.1, -0.05) is 0 Å². The minimum Gasteiger partial charge on any atom is -0.253 e. The molecule has 1 N–H and O–H groups in total. The Hall–Kier alpha value is -2.08. The van der Waals surface area contributed by atoms with Crippen LogP contribution in [0, 0.1) is 0 Å². The minimum absolute atomic E-state index is 0.694. The molecule has 3 aromatic heterocycles. The molecule has 0 spiro atoms. The molecule has 0 bridgehead atoms. The van der Waals surface area contributed by atoms with Gasteiger partial charge in [0.15, 0.2) is 10.1 Å². The van der Waals surface area contributed by atoms with Crippen molar-refractivity contribution in [2.24, 2.45) is 7.05 Å². The predicted molar refractivity (Wildman–Crippen MR) is 75.9 cm³/mol. The summed E-state index contributed by atoms with van der Waals surface area (Å²) in [7, 11) is 1.96. The van der Waals surface area contributed by atoms with Crippen LogP contribution in [0.4, 0.5) is 11.6 Å². The van der Waals surface area contributed by atoms with Gasteiger partial charge in [-0.15, -0.1) is 0 Å². The second-order valence-electron chi connectivity index (χ2n) is 4.00. The Balaban J connectivity index is 2.09. The number of rotatable bonds is 2. The van der Waals surface area contributed by atoms with Gasteiger partial charge in [-0.05, 0) is 34.1 Å². The zero-order valence-corrected chi connectivity index (χ0v) is 11.8. The first-order valence-corrected chi connectivity index (χ1v) is 6.52. The second kappa shape index (κ2) is 4.89. The van der Waals surface area contributed by atoms with Crippen LogP contribution in [0.25, 0.3) is 11.0 Å². The van der Waals surface area contributed by atoms with Gasteiger partial charge >= 0.3 is 0 Å². The van der Waals surface area contributed by atoms with E-state index in [1.54, 1.807) is 18.6 Å². The molecule has 0 aliphatic rings. The van der Waals surface area contributed by atoms with Crippen molar-refractivity contribution in [1.29, 1.82) is 0 Å². The van der Waals surface area contributed by atoms with Gasteiger partial charge in [0.1, 0.15) is 0 Å². The highest BCUT2D eigenvalue weighted by Gasteiger charge is 2.13. The fourth-order valence-corrected chi connectivity index (χ4v) is 2.14. The van der Waals surface area contributed by atoms with Crippen molar-refractivity contribution < 1.29 is 4.57 Å². The van der Waals surface area contributed by atoms with Crippen LogP contribution in [0.1, 0.15) is 0 Å². The third-order valence-electron chi connectivity index (χ3n) is 2.80. The molecule has 6 heteroatoms. The Bertz CT molecular complexity index is 739. The molecule has 3 aromatic rings. The molecule has 0 fully saturated rings. The zero-order chi connectivity index (χ0) is 13.2. The third-order valence-corrected chi connectivity index (χ3v) is 3.60. The van der Waals surface area contributed by atoms with E-state index in [2.05, 4.69) is 36.2 Å². The summed E-state index contributed by atoms with van der Waals surface area (Å²) in [5, 5.41) is 3.28. The van der Waals surface area contributed by atoms with E-state index in [1.807, 2.05) is 35.9 Å². The van der Waals surface area contributed by atoms with Crippen molar-refractivity contribution in [1.82, 2.24) is 15.0 Å². The van der Waals surface area contributed by atoms with Crippen LogP contribution in [0.3, 0.4) is 0 Å². The summed E-state index contributed by atoms with van der Waals surface area (Å²) in [6.07, 6.45) is 5.05. The topological polar surface area (TPSA) is 54.6 Å². The van der Waals surface area contributed by atoms with Crippen LogP contribution in [0.2, 0.25) is 0 Å². The van der Waals surface area contributed by atoms with E-state index >= 15 is 0 Å². The van der Waals surface area contributed by atoms with E-state index < -0.39 is 0 Å². The molecule has 0 saturated heterocycles. The molecule has 3 rings (SSSR count). The number of anilines is 2. The molecular weight excluding hydrogens is 306 g/mol. The van der Waals surface area contributed by atoms with Crippen LogP contribution in [0.15, 0.2) is 47.5 Å². The first-order valence-electron chi connectivity index (χ1n) is 5.73. The van der Waals surface area contributed by atoms with E-state index in [0.717, 1.165) is 21.5 Å². The van der Waals surface area contributed by atoms with E-state index in [9.17, 15) is 0 Å². The summed E-state index contributed by atoms with van der Waals surface area (Å²) in [5.41, 5.74) is 1.57. The number of hydrogen-bond acceptors (Lipinski definition) is 4. The second-order valence-corrected chi connectivity index (χ2v) is 4.81. The van der Waals surface area contributed by atoms with Crippen molar-refractivity contribution in [3.63, 3.8) is 0 Å². The summed E-state index contributed by atoms with van der Waals surface area (Å²) in [5.74, 6) is 1.61. The van der Waals surface area contributed by atoms with Crippen molar-refractivity contribution in [2.45, 2.75) is 0 Å². The van der Waals surface area contributed by atoms with Crippen molar-refractivity contribution in [2.75, 3.05) is 5.32 Å². The third kappa shape index (κ3) is 2.26. The number of nitrogens with zero attached hydrogens (tertiary/aromatic N) is 4. The maximum atomic E-state index is 4.33. The monoisotopic (exact) mass is 316 g/mol. The largest absolute Gasteiger partial charge is 0.281 e. The van der Waals surface area contributed by atoms with Crippen LogP contribution in [0.5, 0.6) is 0 Å². The summed E-state index contributed by atoms with van der Waals surface area (Å²) in [6.45, 7) is 0. The number of aromatic nitrogens is 4. The molecule has 0 aromatic carbocycles. The van der Waals surface area contributed by atoms with Gasteiger partial charge in [-0.3, -0.25) is 4.98 Å². The maximum absolute atomic E-state index is 4.33. The van der Waals surface area contributed by atoms with Crippen LogP contribution in [-0.4, -0.2) is 15.0 Å². The van der Waals surface area contributed by atoms with Crippen molar-refractivity contribution in [3.05, 3.63) is 47.5 Å². The maximum Gasteiger partial charge on any atom is 0.281 e. The molecule has 5 nitrogen and oxygen atoms in total. The first kappa shape index (κ1) is 12.0. The minimum atomic E-state index is 0.694. The fourth-order valence-electron chi connectivity index (χ4n) is 1.79. The lowest BCUT2D eigenvalue weighted by Gasteiger charge is -2.05. The van der Waals surface area contributed by atoms with Gasteiger partial charge in [-0.25, -0.2) is 19.9 Å².